The van der Waals surface area contributed by atoms with Gasteiger partial charge < -0.3 is 15.8 Å². The predicted octanol–water partition coefficient (Wildman–Crippen LogP) is 1.68. The Hall–Kier alpha value is -0.610. The maximum atomic E-state index is 11.6. The quantitative estimate of drug-likeness (QED) is 0.728. The minimum absolute atomic E-state index is 0.0523. The molecule has 0 aliphatic heterocycles. The number of amides is 1. The summed E-state index contributed by atoms with van der Waals surface area (Å²) in [5.74, 6) is 1.74. The average Bonchev–Trinajstić information content (AvgIpc) is 2.38. The molecule has 1 amide bonds. The van der Waals surface area contributed by atoms with Crippen molar-refractivity contribution in [3.63, 3.8) is 0 Å². The lowest BCUT2D eigenvalue weighted by Gasteiger charge is -2.26. The van der Waals surface area contributed by atoms with E-state index in [-0.39, 0.29) is 12.0 Å². The fourth-order valence-corrected chi connectivity index (χ4v) is 2.58. The van der Waals surface area contributed by atoms with Crippen molar-refractivity contribution in [2.24, 2.45) is 17.6 Å². The van der Waals surface area contributed by atoms with Gasteiger partial charge in [-0.1, -0.05) is 32.6 Å². The third kappa shape index (κ3) is 5.83. The summed E-state index contributed by atoms with van der Waals surface area (Å²) < 4.78 is 5.09. The van der Waals surface area contributed by atoms with Crippen LogP contribution in [0.2, 0.25) is 0 Å². The van der Waals surface area contributed by atoms with E-state index in [4.69, 9.17) is 10.5 Å². The van der Waals surface area contributed by atoms with Gasteiger partial charge in [-0.05, 0) is 18.3 Å². The van der Waals surface area contributed by atoms with Gasteiger partial charge in [0, 0.05) is 20.2 Å². The molecule has 0 aromatic carbocycles. The van der Waals surface area contributed by atoms with E-state index in [1.807, 2.05) is 0 Å². The Bertz CT molecular complexity index is 234. The van der Waals surface area contributed by atoms with Crippen LogP contribution in [0.1, 0.15) is 45.4 Å². The summed E-state index contributed by atoms with van der Waals surface area (Å²) in [6.07, 6.45) is 6.66. The van der Waals surface area contributed by atoms with E-state index in [1.54, 1.807) is 7.11 Å². The number of rotatable bonds is 7. The van der Waals surface area contributed by atoms with Crippen LogP contribution in [0.3, 0.4) is 0 Å². The Kier molecular flexibility index (Phi) is 7.28. The Morgan fingerprint density at radius 3 is 2.61 bits per heavy atom. The SMILES string of the molecule is COC(CN)CC(=O)NCCC1CCC(C)CC1. The molecule has 1 fully saturated rings. The zero-order valence-corrected chi connectivity index (χ0v) is 11.8. The van der Waals surface area contributed by atoms with Gasteiger partial charge in [0.05, 0.1) is 12.5 Å². The maximum absolute atomic E-state index is 11.6. The third-order valence-corrected chi connectivity index (χ3v) is 4.02. The Balaban J connectivity index is 2.08. The molecule has 0 spiro atoms. The van der Waals surface area contributed by atoms with E-state index in [1.165, 1.54) is 25.7 Å². The first kappa shape index (κ1) is 15.4. The highest BCUT2D eigenvalue weighted by Crippen LogP contribution is 2.29. The summed E-state index contributed by atoms with van der Waals surface area (Å²) in [7, 11) is 1.59. The van der Waals surface area contributed by atoms with Crippen LogP contribution in [0.5, 0.6) is 0 Å². The van der Waals surface area contributed by atoms with Gasteiger partial charge in [0.1, 0.15) is 0 Å². The minimum atomic E-state index is -0.152. The summed E-state index contributed by atoms with van der Waals surface area (Å²) >= 11 is 0. The monoisotopic (exact) mass is 256 g/mol. The van der Waals surface area contributed by atoms with Crippen molar-refractivity contribution in [3.05, 3.63) is 0 Å². The largest absolute Gasteiger partial charge is 0.380 e. The van der Waals surface area contributed by atoms with Gasteiger partial charge in [0.15, 0.2) is 0 Å². The second kappa shape index (κ2) is 8.48. The number of carbonyl (C=O) groups excluding carboxylic acids is 1. The molecule has 1 aliphatic rings. The average molecular weight is 256 g/mol. The summed E-state index contributed by atoms with van der Waals surface area (Å²) in [6.45, 7) is 3.51. The summed E-state index contributed by atoms with van der Waals surface area (Å²) in [4.78, 5) is 11.6. The van der Waals surface area contributed by atoms with Crippen LogP contribution >= 0.6 is 0 Å². The van der Waals surface area contributed by atoms with E-state index >= 15 is 0 Å². The summed E-state index contributed by atoms with van der Waals surface area (Å²) in [6, 6.07) is 0. The molecule has 3 N–H and O–H groups in total. The molecule has 4 nitrogen and oxygen atoms in total. The van der Waals surface area contributed by atoms with E-state index in [9.17, 15) is 4.79 Å². The first-order valence-corrected chi connectivity index (χ1v) is 7.15. The van der Waals surface area contributed by atoms with Crippen LogP contribution in [0.4, 0.5) is 0 Å². The zero-order chi connectivity index (χ0) is 13.4. The van der Waals surface area contributed by atoms with Crippen LogP contribution in [0, 0.1) is 11.8 Å². The van der Waals surface area contributed by atoms with Crippen molar-refractivity contribution >= 4 is 5.91 Å². The molecule has 18 heavy (non-hydrogen) atoms. The zero-order valence-electron chi connectivity index (χ0n) is 11.8. The first-order valence-electron chi connectivity index (χ1n) is 7.15. The van der Waals surface area contributed by atoms with Crippen LogP contribution in [0.25, 0.3) is 0 Å². The fraction of sp³-hybridized carbons (Fsp3) is 0.929. The van der Waals surface area contributed by atoms with Crippen molar-refractivity contribution in [1.29, 1.82) is 0 Å². The first-order chi connectivity index (χ1) is 8.65. The molecule has 0 saturated heterocycles. The molecule has 1 unspecified atom stereocenters. The molecule has 0 radical (unpaired) electrons. The molecule has 1 saturated carbocycles. The van der Waals surface area contributed by atoms with Crippen LogP contribution in [-0.2, 0) is 9.53 Å². The standard InChI is InChI=1S/C14H28N2O2/c1-11-3-5-12(6-4-11)7-8-16-14(17)9-13(10-15)18-2/h11-13H,3-10,15H2,1-2H3,(H,16,17). The van der Waals surface area contributed by atoms with E-state index in [0.717, 1.165) is 24.8 Å². The van der Waals surface area contributed by atoms with Crippen molar-refractivity contribution in [2.45, 2.75) is 51.6 Å². The Morgan fingerprint density at radius 2 is 2.06 bits per heavy atom. The third-order valence-electron chi connectivity index (χ3n) is 4.02. The topological polar surface area (TPSA) is 64.3 Å². The molecule has 0 heterocycles. The van der Waals surface area contributed by atoms with E-state index in [2.05, 4.69) is 12.2 Å². The molecular formula is C14H28N2O2. The lowest BCUT2D eigenvalue weighted by molar-refractivity contribution is -0.123. The van der Waals surface area contributed by atoms with Crippen molar-refractivity contribution in [2.75, 3.05) is 20.2 Å². The minimum Gasteiger partial charge on any atom is -0.380 e. The fourth-order valence-electron chi connectivity index (χ4n) is 2.58. The predicted molar refractivity (Wildman–Crippen MR) is 73.2 cm³/mol. The second-order valence-electron chi connectivity index (χ2n) is 5.56. The molecule has 0 aromatic heterocycles. The van der Waals surface area contributed by atoms with Gasteiger partial charge in [-0.25, -0.2) is 0 Å². The number of nitrogens with two attached hydrogens (primary N) is 1. The maximum Gasteiger partial charge on any atom is 0.222 e. The van der Waals surface area contributed by atoms with Gasteiger partial charge in [-0.2, -0.15) is 0 Å². The highest BCUT2D eigenvalue weighted by molar-refractivity contribution is 5.76. The van der Waals surface area contributed by atoms with Gasteiger partial charge in [0.25, 0.3) is 0 Å². The lowest BCUT2D eigenvalue weighted by Crippen LogP contribution is -2.33. The smallest absolute Gasteiger partial charge is 0.222 e. The Labute approximate surface area is 111 Å². The summed E-state index contributed by atoms with van der Waals surface area (Å²) in [5.41, 5.74) is 5.49. The second-order valence-corrected chi connectivity index (χ2v) is 5.56. The normalized spacial score (nSPS) is 25.7. The van der Waals surface area contributed by atoms with E-state index < -0.39 is 0 Å². The Morgan fingerprint density at radius 1 is 1.39 bits per heavy atom. The van der Waals surface area contributed by atoms with E-state index in [0.29, 0.717) is 13.0 Å². The van der Waals surface area contributed by atoms with Crippen LogP contribution in [0.15, 0.2) is 0 Å². The molecule has 1 atom stereocenters. The molecule has 1 rings (SSSR count). The van der Waals surface area contributed by atoms with Gasteiger partial charge in [0.2, 0.25) is 5.91 Å². The molecule has 0 bridgehead atoms. The molecule has 106 valence electrons. The van der Waals surface area contributed by atoms with Gasteiger partial charge in [-0.15, -0.1) is 0 Å². The number of hydrogen-bond donors (Lipinski definition) is 2. The van der Waals surface area contributed by atoms with Crippen molar-refractivity contribution < 1.29 is 9.53 Å². The number of carbonyl (C=O) groups is 1. The van der Waals surface area contributed by atoms with Crippen molar-refractivity contribution in [3.8, 4) is 0 Å². The number of methoxy groups -OCH3 is 1. The van der Waals surface area contributed by atoms with Crippen LogP contribution < -0.4 is 11.1 Å². The molecule has 4 heteroatoms. The highest BCUT2D eigenvalue weighted by Gasteiger charge is 2.18. The number of hydrogen-bond acceptors (Lipinski definition) is 3. The molecule has 0 aromatic rings. The van der Waals surface area contributed by atoms with Gasteiger partial charge in [-0.3, -0.25) is 4.79 Å². The summed E-state index contributed by atoms with van der Waals surface area (Å²) in [5, 5.41) is 2.97. The van der Waals surface area contributed by atoms with Gasteiger partial charge >= 0.3 is 0 Å². The highest BCUT2D eigenvalue weighted by atomic mass is 16.5. The van der Waals surface area contributed by atoms with Crippen molar-refractivity contribution in [1.82, 2.24) is 5.32 Å². The molecular weight excluding hydrogens is 228 g/mol. The number of nitrogens with one attached hydrogen (secondary N) is 1. The number of ether oxygens (including phenoxy) is 1. The molecule has 1 aliphatic carbocycles. The van der Waals surface area contributed by atoms with Crippen LogP contribution in [-0.4, -0.2) is 32.2 Å². The lowest BCUT2D eigenvalue weighted by atomic mass is 9.81.